The molecule has 0 bridgehead atoms. The van der Waals surface area contributed by atoms with Crippen molar-refractivity contribution in [3.8, 4) is 0 Å². The number of halogens is 1. The normalized spacial score (nSPS) is 11.4. The smallest absolute Gasteiger partial charge is 0.128 e. The molecule has 0 heterocycles. The van der Waals surface area contributed by atoms with Crippen LogP contribution in [-0.2, 0) is 6.54 Å². The van der Waals surface area contributed by atoms with Gasteiger partial charge in [0.15, 0.2) is 0 Å². The lowest BCUT2D eigenvalue weighted by Crippen LogP contribution is -2.22. The second kappa shape index (κ2) is 6.26. The van der Waals surface area contributed by atoms with Crippen molar-refractivity contribution in [3.05, 3.63) is 29.6 Å². The number of hydrogen-bond donors (Lipinski definition) is 1. The first kappa shape index (κ1) is 13.5. The first-order chi connectivity index (χ1) is 7.50. The lowest BCUT2D eigenvalue weighted by molar-refractivity contribution is 0.546. The van der Waals surface area contributed by atoms with Crippen LogP contribution in [0.5, 0.6) is 0 Å². The lowest BCUT2D eigenvalue weighted by atomic mass is 10.2. The molecule has 1 aromatic rings. The van der Waals surface area contributed by atoms with E-state index in [-0.39, 0.29) is 5.82 Å². The zero-order valence-corrected chi connectivity index (χ0v) is 11.2. The lowest BCUT2D eigenvalue weighted by Gasteiger charge is -2.14. The molecule has 0 aromatic heterocycles. The fourth-order valence-corrected chi connectivity index (χ4v) is 2.36. The molecule has 0 aliphatic rings. The van der Waals surface area contributed by atoms with Crippen molar-refractivity contribution in [3.63, 3.8) is 0 Å². The highest BCUT2D eigenvalue weighted by Crippen LogP contribution is 2.28. The number of nitrogens with one attached hydrogen (secondary N) is 1. The zero-order chi connectivity index (χ0) is 12.1. The maximum atomic E-state index is 13.7. The van der Waals surface area contributed by atoms with Gasteiger partial charge in [-0.3, -0.25) is 0 Å². The zero-order valence-electron chi connectivity index (χ0n) is 10.4. The van der Waals surface area contributed by atoms with E-state index in [2.05, 4.69) is 33.0 Å². The van der Waals surface area contributed by atoms with Crippen LogP contribution in [0.2, 0.25) is 0 Å². The standard InChI is InChI=1S/C13H20FNS/c1-9(2)15-8-11-12(14)6-5-7-13(11)16-10(3)4/h5-7,9-10,15H,8H2,1-4H3. The molecule has 0 fully saturated rings. The number of rotatable bonds is 5. The summed E-state index contributed by atoms with van der Waals surface area (Å²) in [5, 5.41) is 3.73. The Balaban J connectivity index is 2.85. The molecule has 0 amide bonds. The molecule has 16 heavy (non-hydrogen) atoms. The van der Waals surface area contributed by atoms with Crippen LogP contribution in [0.1, 0.15) is 33.3 Å². The van der Waals surface area contributed by atoms with E-state index in [0.717, 1.165) is 10.5 Å². The summed E-state index contributed by atoms with van der Waals surface area (Å²) in [5.74, 6) is -0.112. The van der Waals surface area contributed by atoms with Crippen molar-refractivity contribution in [1.82, 2.24) is 5.32 Å². The SMILES string of the molecule is CC(C)NCc1c(F)cccc1SC(C)C. The van der Waals surface area contributed by atoms with E-state index in [4.69, 9.17) is 0 Å². The van der Waals surface area contributed by atoms with E-state index in [1.54, 1.807) is 17.8 Å². The highest BCUT2D eigenvalue weighted by Gasteiger charge is 2.10. The Morgan fingerprint density at radius 2 is 1.94 bits per heavy atom. The Hall–Kier alpha value is -0.540. The molecule has 0 spiro atoms. The Bertz CT molecular complexity index is 337. The minimum atomic E-state index is -0.112. The Morgan fingerprint density at radius 3 is 2.50 bits per heavy atom. The van der Waals surface area contributed by atoms with Crippen LogP contribution >= 0.6 is 11.8 Å². The molecule has 0 radical (unpaired) electrons. The summed E-state index contributed by atoms with van der Waals surface area (Å²) in [4.78, 5) is 1.04. The third-order valence-electron chi connectivity index (χ3n) is 2.13. The van der Waals surface area contributed by atoms with Crippen molar-refractivity contribution in [1.29, 1.82) is 0 Å². The highest BCUT2D eigenvalue weighted by molar-refractivity contribution is 8.00. The van der Waals surface area contributed by atoms with Crippen LogP contribution in [0.15, 0.2) is 23.1 Å². The minimum Gasteiger partial charge on any atom is -0.310 e. The molecule has 0 aliphatic heterocycles. The Morgan fingerprint density at radius 1 is 1.25 bits per heavy atom. The summed E-state index contributed by atoms with van der Waals surface area (Å²) >= 11 is 1.71. The van der Waals surface area contributed by atoms with Crippen LogP contribution in [0.3, 0.4) is 0 Å². The fraction of sp³-hybridized carbons (Fsp3) is 0.538. The van der Waals surface area contributed by atoms with Gasteiger partial charge in [-0.15, -0.1) is 11.8 Å². The molecule has 1 aromatic carbocycles. The molecule has 0 atom stereocenters. The Labute approximate surface area is 102 Å². The molecule has 1 N–H and O–H groups in total. The summed E-state index contributed by atoms with van der Waals surface area (Å²) in [6.07, 6.45) is 0. The van der Waals surface area contributed by atoms with Gasteiger partial charge in [-0.2, -0.15) is 0 Å². The fourth-order valence-electron chi connectivity index (χ4n) is 1.38. The van der Waals surface area contributed by atoms with E-state index in [0.29, 0.717) is 17.8 Å². The van der Waals surface area contributed by atoms with Crippen LogP contribution in [-0.4, -0.2) is 11.3 Å². The third-order valence-corrected chi connectivity index (χ3v) is 3.23. The first-order valence-electron chi connectivity index (χ1n) is 5.68. The predicted molar refractivity (Wildman–Crippen MR) is 69.4 cm³/mol. The van der Waals surface area contributed by atoms with Gasteiger partial charge in [-0.25, -0.2) is 4.39 Å². The van der Waals surface area contributed by atoms with Gasteiger partial charge in [0.1, 0.15) is 5.82 Å². The van der Waals surface area contributed by atoms with Crippen molar-refractivity contribution in [2.24, 2.45) is 0 Å². The van der Waals surface area contributed by atoms with Crippen LogP contribution < -0.4 is 5.32 Å². The van der Waals surface area contributed by atoms with E-state index in [9.17, 15) is 4.39 Å². The number of benzene rings is 1. The van der Waals surface area contributed by atoms with E-state index < -0.39 is 0 Å². The third kappa shape index (κ3) is 4.14. The predicted octanol–water partition coefficient (Wildman–Crippen LogP) is 3.82. The molecule has 0 saturated heterocycles. The summed E-state index contributed by atoms with van der Waals surface area (Å²) < 4.78 is 13.7. The summed E-state index contributed by atoms with van der Waals surface area (Å²) in [6, 6.07) is 5.67. The molecular weight excluding hydrogens is 221 g/mol. The largest absolute Gasteiger partial charge is 0.310 e. The summed E-state index contributed by atoms with van der Waals surface area (Å²) in [5.41, 5.74) is 0.787. The van der Waals surface area contributed by atoms with Gasteiger partial charge in [0.05, 0.1) is 0 Å². The summed E-state index contributed by atoms with van der Waals surface area (Å²) in [6.45, 7) is 8.97. The van der Waals surface area contributed by atoms with Crippen molar-refractivity contribution >= 4 is 11.8 Å². The number of thioether (sulfide) groups is 1. The highest BCUT2D eigenvalue weighted by atomic mass is 32.2. The van der Waals surface area contributed by atoms with Gasteiger partial charge in [0, 0.05) is 28.3 Å². The molecule has 0 saturated carbocycles. The first-order valence-corrected chi connectivity index (χ1v) is 6.56. The van der Waals surface area contributed by atoms with Crippen molar-refractivity contribution in [2.75, 3.05) is 0 Å². The monoisotopic (exact) mass is 241 g/mol. The van der Waals surface area contributed by atoms with Gasteiger partial charge >= 0.3 is 0 Å². The Kier molecular flexibility index (Phi) is 5.29. The molecule has 3 heteroatoms. The minimum absolute atomic E-state index is 0.112. The van der Waals surface area contributed by atoms with Gasteiger partial charge in [0.25, 0.3) is 0 Å². The van der Waals surface area contributed by atoms with Crippen molar-refractivity contribution < 1.29 is 4.39 Å². The van der Waals surface area contributed by atoms with Gasteiger partial charge in [0.2, 0.25) is 0 Å². The van der Waals surface area contributed by atoms with E-state index >= 15 is 0 Å². The summed E-state index contributed by atoms with van der Waals surface area (Å²) in [7, 11) is 0. The van der Waals surface area contributed by atoms with Crippen LogP contribution in [0, 0.1) is 5.82 Å². The van der Waals surface area contributed by atoms with E-state index in [1.807, 2.05) is 6.07 Å². The second-order valence-electron chi connectivity index (χ2n) is 4.42. The number of hydrogen-bond acceptors (Lipinski definition) is 2. The molecule has 90 valence electrons. The quantitative estimate of drug-likeness (QED) is 0.786. The maximum absolute atomic E-state index is 13.7. The van der Waals surface area contributed by atoms with Gasteiger partial charge in [-0.05, 0) is 12.1 Å². The topological polar surface area (TPSA) is 12.0 Å². The van der Waals surface area contributed by atoms with Crippen LogP contribution in [0.4, 0.5) is 4.39 Å². The molecule has 1 nitrogen and oxygen atoms in total. The molecule has 0 aliphatic carbocycles. The molecule has 1 rings (SSSR count). The van der Waals surface area contributed by atoms with E-state index in [1.165, 1.54) is 6.07 Å². The van der Waals surface area contributed by atoms with Gasteiger partial charge in [-0.1, -0.05) is 33.8 Å². The van der Waals surface area contributed by atoms with Crippen molar-refractivity contribution in [2.45, 2.75) is 50.4 Å². The maximum Gasteiger partial charge on any atom is 0.128 e. The van der Waals surface area contributed by atoms with Gasteiger partial charge < -0.3 is 5.32 Å². The average molecular weight is 241 g/mol. The second-order valence-corrected chi connectivity index (χ2v) is 6.04. The average Bonchev–Trinajstić information content (AvgIpc) is 2.15. The molecule has 0 unspecified atom stereocenters. The van der Waals surface area contributed by atoms with Crippen LogP contribution in [0.25, 0.3) is 0 Å². The molecular formula is C13H20FNS.